The van der Waals surface area contributed by atoms with Gasteiger partial charge in [-0.25, -0.2) is 13.5 Å². The lowest BCUT2D eigenvalue weighted by Gasteiger charge is -2.27. The third-order valence-corrected chi connectivity index (χ3v) is 10.7. The summed E-state index contributed by atoms with van der Waals surface area (Å²) >= 11 is 0. The number of benzene rings is 3. The number of rotatable bonds is 14. The molecule has 5 aromatic rings. The van der Waals surface area contributed by atoms with Crippen LogP contribution in [0.3, 0.4) is 0 Å². The zero-order chi connectivity index (χ0) is 40.7. The van der Waals surface area contributed by atoms with Crippen LogP contribution in [0.5, 0.6) is 11.5 Å². The number of ether oxygens (including phenoxy) is 2. The normalized spacial score (nSPS) is 13.9. The molecule has 6 rings (SSSR count). The second kappa shape index (κ2) is 15.8. The van der Waals surface area contributed by atoms with Gasteiger partial charge in [-0.3, -0.25) is 18.6 Å². The predicted molar refractivity (Wildman–Crippen MR) is 205 cm³/mol. The van der Waals surface area contributed by atoms with E-state index in [1.165, 1.54) is 36.0 Å². The molecule has 18 heteroatoms. The maximum absolute atomic E-state index is 14.3. The highest BCUT2D eigenvalue weighted by atomic mass is 31.2. The lowest BCUT2D eigenvalue weighted by Crippen LogP contribution is -2.23. The Morgan fingerprint density at radius 1 is 0.929 bits per heavy atom. The molecule has 1 aliphatic carbocycles. The highest BCUT2D eigenvalue weighted by Gasteiger charge is 2.29. The van der Waals surface area contributed by atoms with Crippen molar-refractivity contribution in [3.63, 3.8) is 0 Å². The molecule has 1 aliphatic rings. The summed E-state index contributed by atoms with van der Waals surface area (Å²) in [6, 6.07) is 16.3. The van der Waals surface area contributed by atoms with Gasteiger partial charge >= 0.3 is 15.6 Å². The summed E-state index contributed by atoms with van der Waals surface area (Å²) in [5, 5.41) is 3.00. The van der Waals surface area contributed by atoms with E-state index in [1.54, 1.807) is 58.0 Å². The summed E-state index contributed by atoms with van der Waals surface area (Å²) in [6.07, 6.45) is 4.85. The lowest BCUT2D eigenvalue weighted by molar-refractivity contribution is -0.0976. The highest BCUT2D eigenvalue weighted by Crippen LogP contribution is 2.44. The number of aryl methyl sites for hydroxylation is 3. The fourth-order valence-electron chi connectivity index (χ4n) is 6.62. The van der Waals surface area contributed by atoms with Gasteiger partial charge in [0, 0.05) is 35.4 Å². The van der Waals surface area contributed by atoms with Crippen molar-refractivity contribution in [3.05, 3.63) is 111 Å². The number of anilines is 1. The van der Waals surface area contributed by atoms with Crippen LogP contribution in [-0.4, -0.2) is 41.4 Å². The number of nitrogens with one attached hydrogen (secondary N) is 1. The van der Waals surface area contributed by atoms with E-state index in [-0.39, 0.29) is 22.3 Å². The number of amides is 1. The van der Waals surface area contributed by atoms with E-state index in [9.17, 15) is 42.7 Å². The van der Waals surface area contributed by atoms with Crippen molar-refractivity contribution < 1.29 is 56.4 Å². The SMILES string of the molecule is Cc1cc(F)cc(C)c1Oc1ccc(C(C)(C)OCOP(=O)(O)O)cc1-c1cn(C)c(=O)c2c1cc(C(=O)Nc1ccc(C3CCC3)cc1)n2COP(=O)(O)O. The molecule has 1 amide bonds. The van der Waals surface area contributed by atoms with E-state index in [1.807, 2.05) is 12.1 Å². The molecule has 0 unspecified atom stereocenters. The molecule has 15 nitrogen and oxygen atoms in total. The number of aromatic nitrogens is 2. The molecule has 0 saturated heterocycles. The largest absolute Gasteiger partial charge is 0.471 e. The molecule has 0 spiro atoms. The van der Waals surface area contributed by atoms with Gasteiger partial charge in [-0.1, -0.05) is 24.6 Å². The standard InChI is InChI=1S/C38H42FN3O12P2/c1-22-15-27(39)16-23(2)35(22)54-33-14-11-26(38(3,4)51-21-53-56(48,49)50)17-29(33)31-19-41(5)37(44)34-30(31)18-32(42(34)20-52-55(45,46)47)36(43)40-28-12-9-25(10-13-28)24-7-6-8-24/h9-19,24H,6-8,20-21H2,1-5H3,(H,40,43)(H2,45,46,47)(H2,48,49,50). The number of hydrogen-bond acceptors (Lipinski definition) is 8. The summed E-state index contributed by atoms with van der Waals surface area (Å²) in [7, 11) is -8.49. The molecule has 2 aromatic heterocycles. The molecule has 56 heavy (non-hydrogen) atoms. The first-order chi connectivity index (χ1) is 26.2. The second-order valence-electron chi connectivity index (χ2n) is 14.2. The van der Waals surface area contributed by atoms with Gasteiger partial charge in [-0.15, -0.1) is 0 Å². The number of phosphoric ester groups is 2. The van der Waals surface area contributed by atoms with Gasteiger partial charge in [0.1, 0.15) is 35.3 Å². The summed E-state index contributed by atoms with van der Waals surface area (Å²) in [5.74, 6) is -0.107. The van der Waals surface area contributed by atoms with E-state index in [0.717, 1.165) is 29.4 Å². The minimum absolute atomic E-state index is 0.125. The molecule has 0 bridgehead atoms. The van der Waals surface area contributed by atoms with E-state index in [0.29, 0.717) is 45.2 Å². The zero-order valence-corrected chi connectivity index (χ0v) is 33.0. The van der Waals surface area contributed by atoms with Crippen molar-refractivity contribution in [2.24, 2.45) is 7.05 Å². The maximum atomic E-state index is 14.3. The summed E-state index contributed by atoms with van der Waals surface area (Å²) in [6.45, 7) is 5.00. The van der Waals surface area contributed by atoms with E-state index in [4.69, 9.17) is 14.0 Å². The average molecular weight is 814 g/mol. The molecular formula is C38H42FN3O12P2. The van der Waals surface area contributed by atoms with Crippen molar-refractivity contribution in [1.29, 1.82) is 0 Å². The van der Waals surface area contributed by atoms with E-state index < -0.39 is 52.1 Å². The van der Waals surface area contributed by atoms with Crippen LogP contribution in [0.1, 0.15) is 71.8 Å². The summed E-state index contributed by atoms with van der Waals surface area (Å²) < 4.78 is 61.4. The van der Waals surface area contributed by atoms with Crippen LogP contribution in [0, 0.1) is 19.7 Å². The smallest absolute Gasteiger partial charge is 0.456 e. The first-order valence-electron chi connectivity index (χ1n) is 17.5. The Labute approximate surface area is 321 Å². The van der Waals surface area contributed by atoms with Gasteiger partial charge in [0.2, 0.25) is 0 Å². The van der Waals surface area contributed by atoms with E-state index in [2.05, 4.69) is 9.84 Å². The molecule has 5 N–H and O–H groups in total. The van der Waals surface area contributed by atoms with Gasteiger partial charge in [0.05, 0.1) is 5.60 Å². The Kier molecular flexibility index (Phi) is 11.6. The van der Waals surface area contributed by atoms with Crippen LogP contribution < -0.4 is 15.6 Å². The lowest BCUT2D eigenvalue weighted by atomic mass is 9.80. The van der Waals surface area contributed by atoms with Crippen LogP contribution in [0.15, 0.2) is 71.7 Å². The van der Waals surface area contributed by atoms with Crippen molar-refractivity contribution in [2.45, 2.75) is 65.2 Å². The number of carbonyl (C=O) groups excluding carboxylic acids is 1. The summed E-state index contributed by atoms with van der Waals surface area (Å²) in [5.41, 5.74) is 1.59. The number of carbonyl (C=O) groups is 1. The van der Waals surface area contributed by atoms with E-state index >= 15 is 0 Å². The minimum Gasteiger partial charge on any atom is -0.456 e. The Morgan fingerprint density at radius 3 is 2.16 bits per heavy atom. The van der Waals surface area contributed by atoms with Gasteiger partial charge in [0.15, 0.2) is 6.79 Å². The Hall–Kier alpha value is -4.47. The van der Waals surface area contributed by atoms with Gasteiger partial charge in [0.25, 0.3) is 11.5 Å². The molecule has 1 saturated carbocycles. The monoisotopic (exact) mass is 813 g/mol. The molecule has 0 radical (unpaired) electrons. The molecular weight excluding hydrogens is 771 g/mol. The molecule has 1 fully saturated rings. The Morgan fingerprint density at radius 2 is 1.57 bits per heavy atom. The van der Waals surface area contributed by atoms with Crippen LogP contribution in [0.4, 0.5) is 10.1 Å². The molecule has 0 atom stereocenters. The zero-order valence-electron chi connectivity index (χ0n) is 31.2. The fraction of sp³-hybridized carbons (Fsp3) is 0.316. The molecule has 2 heterocycles. The number of hydrogen-bond donors (Lipinski definition) is 5. The predicted octanol–water partition coefficient (Wildman–Crippen LogP) is 7.46. The third kappa shape index (κ3) is 9.21. The third-order valence-electron chi connectivity index (χ3n) is 9.81. The average Bonchev–Trinajstić information content (AvgIpc) is 3.46. The van der Waals surface area contributed by atoms with Gasteiger partial charge in [-0.05, 0) is 111 Å². The summed E-state index contributed by atoms with van der Waals surface area (Å²) in [4.78, 5) is 65.6. The maximum Gasteiger partial charge on any atom is 0.471 e. The number of halogens is 1. The topological polar surface area (TPSA) is 208 Å². The van der Waals surface area contributed by atoms with Gasteiger partial charge < -0.3 is 43.5 Å². The number of fused-ring (bicyclic) bond motifs is 1. The Bertz CT molecular complexity index is 2440. The fourth-order valence-corrected chi connectivity index (χ4v) is 7.07. The number of nitrogens with zero attached hydrogens (tertiary/aromatic N) is 2. The number of pyridine rings is 1. The second-order valence-corrected chi connectivity index (χ2v) is 16.7. The number of phosphoric acid groups is 2. The van der Waals surface area contributed by atoms with Crippen molar-refractivity contribution in [3.8, 4) is 22.6 Å². The first-order valence-corrected chi connectivity index (χ1v) is 20.5. The minimum atomic E-state index is -5.10. The highest BCUT2D eigenvalue weighted by molar-refractivity contribution is 7.46. The van der Waals surface area contributed by atoms with Crippen LogP contribution in [0.2, 0.25) is 0 Å². The Balaban J connectivity index is 1.53. The van der Waals surface area contributed by atoms with Crippen LogP contribution in [0.25, 0.3) is 22.0 Å². The van der Waals surface area contributed by atoms with Gasteiger partial charge in [-0.2, -0.15) is 0 Å². The first kappa shape index (κ1) is 41.2. The van der Waals surface area contributed by atoms with Crippen molar-refractivity contribution in [1.82, 2.24) is 9.13 Å². The quantitative estimate of drug-likeness (QED) is 0.0547. The van der Waals surface area contributed by atoms with Crippen LogP contribution >= 0.6 is 15.6 Å². The molecule has 3 aromatic carbocycles. The van der Waals surface area contributed by atoms with Crippen LogP contribution in [-0.2, 0) is 42.3 Å². The molecule has 298 valence electrons. The van der Waals surface area contributed by atoms with Crippen molar-refractivity contribution in [2.75, 3.05) is 12.1 Å². The van der Waals surface area contributed by atoms with Crippen molar-refractivity contribution >= 4 is 38.1 Å². The molecule has 0 aliphatic heterocycles.